The van der Waals surface area contributed by atoms with Crippen LogP contribution < -0.4 is 10.6 Å². The zero-order chi connectivity index (χ0) is 14.5. The number of alkyl halides is 3. The van der Waals surface area contributed by atoms with Crippen LogP contribution in [0.4, 0.5) is 24.5 Å². The zero-order valence-corrected chi connectivity index (χ0v) is 10.4. The number of amides is 1. The molecule has 4 nitrogen and oxygen atoms in total. The molecule has 0 unspecified atom stereocenters. The zero-order valence-electron chi connectivity index (χ0n) is 10.4. The Morgan fingerprint density at radius 1 is 1.32 bits per heavy atom. The highest BCUT2D eigenvalue weighted by Gasteiger charge is 2.28. The van der Waals surface area contributed by atoms with Crippen molar-refractivity contribution in [2.45, 2.75) is 13.1 Å². The number of benzene rings is 1. The van der Waals surface area contributed by atoms with Gasteiger partial charge in [0, 0.05) is 17.9 Å². The minimum atomic E-state index is -4.43. The molecular formula is C12H15F3N2O2. The number of ether oxygens (including phenoxy) is 1. The minimum Gasteiger partial charge on any atom is -0.399 e. The molecule has 0 aromatic heterocycles. The predicted octanol–water partition coefficient (Wildman–Crippen LogP) is 2.20. The number of rotatable bonds is 5. The summed E-state index contributed by atoms with van der Waals surface area (Å²) in [5, 5.41) is 0. The van der Waals surface area contributed by atoms with E-state index in [1.54, 1.807) is 31.2 Å². The Labute approximate surface area is 108 Å². The van der Waals surface area contributed by atoms with Crippen molar-refractivity contribution in [3.8, 4) is 0 Å². The first kappa shape index (κ1) is 15.3. The van der Waals surface area contributed by atoms with E-state index >= 15 is 0 Å². The summed E-state index contributed by atoms with van der Waals surface area (Å²) in [5.41, 5.74) is 6.63. The molecule has 1 aromatic rings. The maximum absolute atomic E-state index is 11.9. The fraction of sp³-hybridized carbons (Fsp3) is 0.417. The second-order valence-electron chi connectivity index (χ2n) is 3.84. The molecule has 106 valence electrons. The normalized spacial score (nSPS) is 11.4. The lowest BCUT2D eigenvalue weighted by Gasteiger charge is -2.21. The third-order valence-corrected chi connectivity index (χ3v) is 2.31. The van der Waals surface area contributed by atoms with Crippen LogP contribution >= 0.6 is 0 Å². The molecule has 1 amide bonds. The summed E-state index contributed by atoms with van der Waals surface area (Å²) in [6.07, 6.45) is -4.43. The molecule has 1 rings (SSSR count). The van der Waals surface area contributed by atoms with Gasteiger partial charge in [-0.25, -0.2) is 0 Å². The molecule has 19 heavy (non-hydrogen) atoms. The van der Waals surface area contributed by atoms with Crippen molar-refractivity contribution >= 4 is 17.3 Å². The van der Waals surface area contributed by atoms with E-state index in [0.29, 0.717) is 17.9 Å². The molecule has 0 aliphatic carbocycles. The topological polar surface area (TPSA) is 55.6 Å². The van der Waals surface area contributed by atoms with Crippen LogP contribution in [0.1, 0.15) is 6.92 Å². The van der Waals surface area contributed by atoms with Gasteiger partial charge in [-0.1, -0.05) is 0 Å². The van der Waals surface area contributed by atoms with Crippen LogP contribution in [0.3, 0.4) is 0 Å². The number of likely N-dealkylation sites (N-methyl/N-ethyl adjacent to an activating group) is 1. The standard InChI is InChI=1S/C12H15F3N2O2/c1-2-17(10-5-3-9(16)4-6-10)11(18)7-19-8-12(13,14)15/h3-6H,2,7-8,16H2,1H3. The van der Waals surface area contributed by atoms with E-state index in [-0.39, 0.29) is 0 Å². The molecule has 0 atom stereocenters. The number of nitrogens with zero attached hydrogens (tertiary/aromatic N) is 1. The molecule has 0 saturated carbocycles. The van der Waals surface area contributed by atoms with Gasteiger partial charge in [0.1, 0.15) is 13.2 Å². The van der Waals surface area contributed by atoms with Gasteiger partial charge >= 0.3 is 6.18 Å². The summed E-state index contributed by atoms with van der Waals surface area (Å²) in [4.78, 5) is 13.1. The first-order chi connectivity index (χ1) is 8.83. The number of carbonyl (C=O) groups is 1. The third kappa shape index (κ3) is 5.17. The fourth-order valence-corrected chi connectivity index (χ4v) is 1.49. The SMILES string of the molecule is CCN(C(=O)COCC(F)(F)F)c1ccc(N)cc1. The summed E-state index contributed by atoms with van der Waals surface area (Å²) < 4.78 is 40.0. The van der Waals surface area contributed by atoms with Gasteiger partial charge in [-0.3, -0.25) is 4.79 Å². The molecule has 0 spiro atoms. The summed E-state index contributed by atoms with van der Waals surface area (Å²) in [6.45, 7) is 0.00586. The van der Waals surface area contributed by atoms with E-state index in [9.17, 15) is 18.0 Å². The average molecular weight is 276 g/mol. The lowest BCUT2D eigenvalue weighted by atomic mass is 10.2. The molecule has 0 radical (unpaired) electrons. The van der Waals surface area contributed by atoms with Crippen molar-refractivity contribution in [2.75, 3.05) is 30.4 Å². The van der Waals surface area contributed by atoms with Crippen molar-refractivity contribution in [1.82, 2.24) is 0 Å². The van der Waals surface area contributed by atoms with Crippen LogP contribution in [0.25, 0.3) is 0 Å². The van der Waals surface area contributed by atoms with Crippen LogP contribution in [0.5, 0.6) is 0 Å². The first-order valence-electron chi connectivity index (χ1n) is 5.64. The Hall–Kier alpha value is -1.76. The molecule has 0 bridgehead atoms. The van der Waals surface area contributed by atoms with Crippen molar-refractivity contribution < 1.29 is 22.7 Å². The van der Waals surface area contributed by atoms with Crippen molar-refractivity contribution in [3.05, 3.63) is 24.3 Å². The minimum absolute atomic E-state index is 0.331. The first-order valence-corrected chi connectivity index (χ1v) is 5.64. The third-order valence-electron chi connectivity index (χ3n) is 2.31. The molecule has 2 N–H and O–H groups in total. The molecule has 0 saturated heterocycles. The number of nitrogens with two attached hydrogens (primary N) is 1. The summed E-state index contributed by atoms with van der Waals surface area (Å²) in [7, 11) is 0. The number of halogens is 3. The highest BCUT2D eigenvalue weighted by atomic mass is 19.4. The Balaban J connectivity index is 2.59. The van der Waals surface area contributed by atoms with Gasteiger partial charge < -0.3 is 15.4 Å². The van der Waals surface area contributed by atoms with Gasteiger partial charge in [0.15, 0.2) is 0 Å². The summed E-state index contributed by atoms with van der Waals surface area (Å²) >= 11 is 0. The van der Waals surface area contributed by atoms with E-state index in [1.807, 2.05) is 0 Å². The molecule has 0 heterocycles. The average Bonchev–Trinajstić information content (AvgIpc) is 2.31. The maximum atomic E-state index is 11.9. The number of carbonyl (C=O) groups excluding carboxylic acids is 1. The number of anilines is 2. The lowest BCUT2D eigenvalue weighted by Crippen LogP contribution is -2.35. The molecule has 1 aromatic carbocycles. The molecule has 0 fully saturated rings. The second kappa shape index (κ2) is 6.42. The summed E-state index contributed by atoms with van der Waals surface area (Å²) in [6, 6.07) is 6.48. The molecule has 0 aliphatic rings. The summed E-state index contributed by atoms with van der Waals surface area (Å²) in [5.74, 6) is -0.531. The Morgan fingerprint density at radius 2 is 1.89 bits per heavy atom. The van der Waals surface area contributed by atoms with Crippen LogP contribution in [0, 0.1) is 0 Å². The quantitative estimate of drug-likeness (QED) is 0.839. The smallest absolute Gasteiger partial charge is 0.399 e. The Kier molecular flexibility index (Phi) is 5.17. The van der Waals surface area contributed by atoms with E-state index < -0.39 is 25.3 Å². The Bertz CT molecular complexity index is 418. The van der Waals surface area contributed by atoms with E-state index in [0.717, 1.165) is 0 Å². The van der Waals surface area contributed by atoms with Gasteiger partial charge in [-0.2, -0.15) is 13.2 Å². The van der Waals surface area contributed by atoms with Gasteiger partial charge in [0.25, 0.3) is 5.91 Å². The van der Waals surface area contributed by atoms with Gasteiger partial charge in [0.2, 0.25) is 0 Å². The highest BCUT2D eigenvalue weighted by Crippen LogP contribution is 2.17. The van der Waals surface area contributed by atoms with E-state index in [4.69, 9.17) is 5.73 Å². The van der Waals surface area contributed by atoms with Crippen LogP contribution in [0.15, 0.2) is 24.3 Å². The molecule has 7 heteroatoms. The van der Waals surface area contributed by atoms with Crippen LogP contribution in [0.2, 0.25) is 0 Å². The molecule has 0 aliphatic heterocycles. The molecular weight excluding hydrogens is 261 g/mol. The maximum Gasteiger partial charge on any atom is 0.411 e. The van der Waals surface area contributed by atoms with Crippen LogP contribution in [-0.2, 0) is 9.53 Å². The van der Waals surface area contributed by atoms with Crippen molar-refractivity contribution in [2.24, 2.45) is 0 Å². The predicted molar refractivity (Wildman–Crippen MR) is 65.8 cm³/mol. The largest absolute Gasteiger partial charge is 0.411 e. The fourth-order valence-electron chi connectivity index (χ4n) is 1.49. The second-order valence-corrected chi connectivity index (χ2v) is 3.84. The van der Waals surface area contributed by atoms with Gasteiger partial charge in [-0.15, -0.1) is 0 Å². The highest BCUT2D eigenvalue weighted by molar-refractivity contribution is 5.94. The van der Waals surface area contributed by atoms with Gasteiger partial charge in [0.05, 0.1) is 0 Å². The number of hydrogen-bond acceptors (Lipinski definition) is 3. The van der Waals surface area contributed by atoms with Crippen molar-refractivity contribution in [3.63, 3.8) is 0 Å². The Morgan fingerprint density at radius 3 is 2.37 bits per heavy atom. The van der Waals surface area contributed by atoms with E-state index in [1.165, 1.54) is 4.90 Å². The number of hydrogen-bond donors (Lipinski definition) is 1. The van der Waals surface area contributed by atoms with Crippen LogP contribution in [-0.4, -0.2) is 31.8 Å². The van der Waals surface area contributed by atoms with Crippen molar-refractivity contribution in [1.29, 1.82) is 0 Å². The monoisotopic (exact) mass is 276 g/mol. The van der Waals surface area contributed by atoms with Gasteiger partial charge in [-0.05, 0) is 31.2 Å². The number of nitrogen functional groups attached to an aromatic ring is 1. The van der Waals surface area contributed by atoms with E-state index in [2.05, 4.69) is 4.74 Å². The lowest BCUT2D eigenvalue weighted by molar-refractivity contribution is -0.175.